The normalized spacial score (nSPS) is 10.0. The van der Waals surface area contributed by atoms with E-state index in [1.165, 1.54) is 12.4 Å². The Bertz CT molecular complexity index is 1070. The number of hydrogen-bond acceptors (Lipinski definition) is 6. The van der Waals surface area contributed by atoms with Crippen molar-refractivity contribution in [2.45, 2.75) is 13.0 Å². The van der Waals surface area contributed by atoms with E-state index in [1.54, 1.807) is 55.6 Å². The van der Waals surface area contributed by atoms with Crippen LogP contribution in [0.2, 0.25) is 0 Å². The first-order valence-electron chi connectivity index (χ1n) is 9.09. The Labute approximate surface area is 173 Å². The predicted octanol–water partition coefficient (Wildman–Crippen LogP) is 2.47. The average Bonchev–Trinajstić information content (AvgIpc) is 2.78. The van der Waals surface area contributed by atoms with Crippen LogP contribution in [0.3, 0.4) is 0 Å². The molecule has 0 radical (unpaired) electrons. The number of carbonyl (C=O) groups excluding carboxylic acids is 2. The number of carbonyl (C=O) groups is 2. The maximum atomic E-state index is 12.4. The molecule has 0 aliphatic carbocycles. The van der Waals surface area contributed by atoms with Crippen LogP contribution in [-0.2, 0) is 17.8 Å². The molecule has 150 valence electrons. The maximum Gasteiger partial charge on any atom is 0.270 e. The van der Waals surface area contributed by atoms with Gasteiger partial charge in [0, 0.05) is 12.6 Å². The molecule has 8 nitrogen and oxygen atoms in total. The summed E-state index contributed by atoms with van der Waals surface area (Å²) in [6.07, 6.45) is 1.38. The van der Waals surface area contributed by atoms with Crippen molar-refractivity contribution in [2.24, 2.45) is 0 Å². The Balaban J connectivity index is 1.56. The van der Waals surface area contributed by atoms with Gasteiger partial charge in [0.15, 0.2) is 0 Å². The molecule has 3 rings (SSSR count). The molecule has 2 aromatic carbocycles. The molecule has 1 heterocycles. The summed E-state index contributed by atoms with van der Waals surface area (Å²) in [6, 6.07) is 17.5. The summed E-state index contributed by atoms with van der Waals surface area (Å²) in [4.78, 5) is 32.6. The van der Waals surface area contributed by atoms with Crippen molar-refractivity contribution < 1.29 is 14.3 Å². The van der Waals surface area contributed by atoms with Gasteiger partial charge in [-0.2, -0.15) is 5.26 Å². The van der Waals surface area contributed by atoms with E-state index in [0.29, 0.717) is 11.3 Å². The number of nitriles is 1. The van der Waals surface area contributed by atoms with Crippen LogP contribution in [0.1, 0.15) is 27.2 Å². The van der Waals surface area contributed by atoms with E-state index < -0.39 is 5.91 Å². The number of rotatable bonds is 7. The quantitative estimate of drug-likeness (QED) is 0.628. The summed E-state index contributed by atoms with van der Waals surface area (Å²) in [5.41, 5.74) is 2.36. The number of amides is 2. The van der Waals surface area contributed by atoms with Crippen molar-refractivity contribution in [3.63, 3.8) is 0 Å². The van der Waals surface area contributed by atoms with Gasteiger partial charge in [-0.3, -0.25) is 9.59 Å². The Hall–Kier alpha value is -4.25. The third-order valence-electron chi connectivity index (χ3n) is 4.23. The van der Waals surface area contributed by atoms with E-state index in [9.17, 15) is 9.59 Å². The standard InChI is InChI=1S/C22H19N5O3/c1-30-18-8-6-15(7-9-18)10-21(28)27-20-11-19(25-14-26-20)22(29)24-13-17-4-2-16(12-23)3-5-17/h2-9,11,14H,10,13H2,1H3,(H,24,29)(H,25,26,27,28). The summed E-state index contributed by atoms with van der Waals surface area (Å²) >= 11 is 0. The molecule has 8 heteroatoms. The van der Waals surface area contributed by atoms with Gasteiger partial charge in [-0.1, -0.05) is 24.3 Å². The van der Waals surface area contributed by atoms with Crippen LogP contribution in [0.4, 0.5) is 5.82 Å². The highest BCUT2D eigenvalue weighted by Gasteiger charge is 2.11. The van der Waals surface area contributed by atoms with Crippen molar-refractivity contribution in [1.29, 1.82) is 5.26 Å². The zero-order valence-corrected chi connectivity index (χ0v) is 16.3. The molecule has 1 aromatic heterocycles. The van der Waals surface area contributed by atoms with Crippen LogP contribution in [0.5, 0.6) is 5.75 Å². The van der Waals surface area contributed by atoms with Gasteiger partial charge in [-0.15, -0.1) is 0 Å². The fourth-order valence-electron chi connectivity index (χ4n) is 2.64. The van der Waals surface area contributed by atoms with Gasteiger partial charge in [0.25, 0.3) is 5.91 Å². The lowest BCUT2D eigenvalue weighted by Gasteiger charge is -2.08. The minimum atomic E-state index is -0.396. The zero-order valence-electron chi connectivity index (χ0n) is 16.3. The van der Waals surface area contributed by atoms with E-state index >= 15 is 0 Å². The van der Waals surface area contributed by atoms with Crippen molar-refractivity contribution in [3.05, 3.63) is 83.3 Å². The van der Waals surface area contributed by atoms with Crippen molar-refractivity contribution >= 4 is 17.6 Å². The van der Waals surface area contributed by atoms with Gasteiger partial charge >= 0.3 is 0 Å². The molecule has 2 N–H and O–H groups in total. The summed E-state index contributed by atoms with van der Waals surface area (Å²) in [6.45, 7) is 0.285. The van der Waals surface area contributed by atoms with E-state index in [4.69, 9.17) is 10.00 Å². The Kier molecular flexibility index (Phi) is 6.69. The summed E-state index contributed by atoms with van der Waals surface area (Å²) in [5, 5.41) is 14.2. The number of methoxy groups -OCH3 is 1. The van der Waals surface area contributed by atoms with Crippen LogP contribution in [0.15, 0.2) is 60.9 Å². The van der Waals surface area contributed by atoms with Crippen LogP contribution in [0.25, 0.3) is 0 Å². The van der Waals surface area contributed by atoms with Gasteiger partial charge in [-0.05, 0) is 35.4 Å². The lowest BCUT2D eigenvalue weighted by Crippen LogP contribution is -2.24. The lowest BCUT2D eigenvalue weighted by molar-refractivity contribution is -0.115. The number of benzene rings is 2. The van der Waals surface area contributed by atoms with E-state index in [1.807, 2.05) is 6.07 Å². The summed E-state index contributed by atoms with van der Waals surface area (Å²) < 4.78 is 5.10. The van der Waals surface area contributed by atoms with Crippen molar-refractivity contribution in [2.75, 3.05) is 12.4 Å². The zero-order chi connectivity index (χ0) is 21.3. The number of ether oxygens (including phenoxy) is 1. The number of hydrogen-bond donors (Lipinski definition) is 2. The molecule has 0 aliphatic rings. The van der Waals surface area contributed by atoms with Gasteiger partial charge in [0.2, 0.25) is 5.91 Å². The topological polar surface area (TPSA) is 117 Å². The molecule has 0 fully saturated rings. The molecule has 0 bridgehead atoms. The van der Waals surface area contributed by atoms with Crippen molar-refractivity contribution in [1.82, 2.24) is 15.3 Å². The molecule has 2 amide bonds. The fraction of sp³-hybridized carbons (Fsp3) is 0.136. The van der Waals surface area contributed by atoms with Crippen LogP contribution >= 0.6 is 0 Å². The molecule has 0 saturated heterocycles. The second-order valence-electron chi connectivity index (χ2n) is 6.35. The SMILES string of the molecule is COc1ccc(CC(=O)Nc2cc(C(=O)NCc3ccc(C#N)cc3)ncn2)cc1. The van der Waals surface area contributed by atoms with Crippen molar-refractivity contribution in [3.8, 4) is 11.8 Å². The molecular weight excluding hydrogens is 382 g/mol. The highest BCUT2D eigenvalue weighted by molar-refractivity contribution is 5.95. The van der Waals surface area contributed by atoms with E-state index in [-0.39, 0.29) is 30.4 Å². The van der Waals surface area contributed by atoms with Gasteiger partial charge in [0.1, 0.15) is 23.6 Å². The fourth-order valence-corrected chi connectivity index (χ4v) is 2.64. The highest BCUT2D eigenvalue weighted by Crippen LogP contribution is 2.12. The average molecular weight is 401 g/mol. The Morgan fingerprint density at radius 3 is 2.40 bits per heavy atom. The van der Waals surface area contributed by atoms with E-state index in [2.05, 4.69) is 20.6 Å². The van der Waals surface area contributed by atoms with Gasteiger partial charge in [-0.25, -0.2) is 9.97 Å². The number of nitrogens with zero attached hydrogens (tertiary/aromatic N) is 3. The van der Waals surface area contributed by atoms with Crippen LogP contribution < -0.4 is 15.4 Å². The lowest BCUT2D eigenvalue weighted by atomic mass is 10.1. The minimum absolute atomic E-state index is 0.137. The Morgan fingerprint density at radius 2 is 1.73 bits per heavy atom. The maximum absolute atomic E-state index is 12.4. The smallest absolute Gasteiger partial charge is 0.270 e. The third-order valence-corrected chi connectivity index (χ3v) is 4.23. The second-order valence-corrected chi connectivity index (χ2v) is 6.35. The predicted molar refractivity (Wildman–Crippen MR) is 110 cm³/mol. The molecule has 0 saturated carbocycles. The number of aromatic nitrogens is 2. The molecule has 0 atom stereocenters. The first-order valence-corrected chi connectivity index (χ1v) is 9.09. The van der Waals surface area contributed by atoms with Crippen LogP contribution in [0, 0.1) is 11.3 Å². The molecule has 30 heavy (non-hydrogen) atoms. The van der Waals surface area contributed by atoms with Crippen LogP contribution in [-0.4, -0.2) is 28.9 Å². The third kappa shape index (κ3) is 5.62. The molecule has 0 unspecified atom stereocenters. The summed E-state index contributed by atoms with van der Waals surface area (Å²) in [7, 11) is 1.58. The Morgan fingerprint density at radius 1 is 1.03 bits per heavy atom. The first kappa shape index (κ1) is 20.5. The monoisotopic (exact) mass is 401 g/mol. The molecule has 0 aliphatic heterocycles. The highest BCUT2D eigenvalue weighted by atomic mass is 16.5. The van der Waals surface area contributed by atoms with E-state index in [0.717, 1.165) is 11.1 Å². The summed E-state index contributed by atoms with van der Waals surface area (Å²) in [5.74, 6) is 0.300. The number of anilines is 1. The second kappa shape index (κ2) is 9.80. The number of nitrogens with one attached hydrogen (secondary N) is 2. The van der Waals surface area contributed by atoms with Gasteiger partial charge < -0.3 is 15.4 Å². The molecule has 3 aromatic rings. The minimum Gasteiger partial charge on any atom is -0.497 e. The molecule has 0 spiro atoms. The molecular formula is C22H19N5O3. The first-order chi connectivity index (χ1) is 14.6. The largest absolute Gasteiger partial charge is 0.497 e. The van der Waals surface area contributed by atoms with Gasteiger partial charge in [0.05, 0.1) is 25.2 Å².